The monoisotopic (exact) mass is 387 g/mol. The van der Waals surface area contributed by atoms with E-state index in [4.69, 9.17) is 0 Å². The second kappa shape index (κ2) is 7.79. The third-order valence-corrected chi connectivity index (χ3v) is 6.55. The molecule has 0 N–H and O–H groups in total. The van der Waals surface area contributed by atoms with Gasteiger partial charge in [0.05, 0.1) is 0 Å². The number of aromatic nitrogens is 2. The average molecular weight is 388 g/mol. The molecule has 0 aromatic carbocycles. The number of piperazine rings is 1. The molecule has 0 saturated carbocycles. The van der Waals surface area contributed by atoms with Crippen molar-refractivity contribution in [2.45, 2.75) is 32.7 Å². The predicted octanol–water partition coefficient (Wildman–Crippen LogP) is 2.27. The maximum absolute atomic E-state index is 14.7. The van der Waals surface area contributed by atoms with Crippen molar-refractivity contribution in [2.24, 2.45) is 5.92 Å². The molecular formula is C21H30FN5O. The largest absolute Gasteiger partial charge is 0.337 e. The van der Waals surface area contributed by atoms with Crippen molar-refractivity contribution in [3.8, 4) is 0 Å². The quantitative estimate of drug-likeness (QED) is 0.811. The van der Waals surface area contributed by atoms with Crippen molar-refractivity contribution in [1.29, 1.82) is 0 Å². The Labute approximate surface area is 165 Å². The number of fused-ring (bicyclic) bond motifs is 1. The van der Waals surface area contributed by atoms with Gasteiger partial charge >= 0.3 is 0 Å². The zero-order chi connectivity index (χ0) is 19.8. The molecule has 2 aliphatic rings. The first-order chi connectivity index (χ1) is 13.4. The lowest BCUT2D eigenvalue weighted by molar-refractivity contribution is 0.0494. The number of aryl methyl sites for hydroxylation is 1. The van der Waals surface area contributed by atoms with Gasteiger partial charge in [0, 0.05) is 51.5 Å². The standard InChI is InChI=1S/C21H30FN5O/c1-15-4-9-27-18(14-15)23-19(20(27)22)21(28)26-7-5-17(6-8-26)16(2)25-12-10-24(3)11-13-25/h4,9,14,16-17H,5-8,10-13H2,1-3H3/t16-/m0/s1. The van der Waals surface area contributed by atoms with Crippen LogP contribution in [0.3, 0.4) is 0 Å². The van der Waals surface area contributed by atoms with E-state index in [0.717, 1.165) is 44.6 Å². The van der Waals surface area contributed by atoms with Crippen LogP contribution in [0.2, 0.25) is 0 Å². The van der Waals surface area contributed by atoms with Crippen LogP contribution in [0.5, 0.6) is 0 Å². The smallest absolute Gasteiger partial charge is 0.277 e. The fourth-order valence-corrected chi connectivity index (χ4v) is 4.51. The number of hydrogen-bond acceptors (Lipinski definition) is 4. The molecule has 2 aliphatic heterocycles. The third-order valence-electron chi connectivity index (χ3n) is 6.55. The van der Waals surface area contributed by atoms with Gasteiger partial charge in [-0.1, -0.05) is 0 Å². The molecule has 1 amide bonds. The van der Waals surface area contributed by atoms with E-state index in [0.29, 0.717) is 30.7 Å². The van der Waals surface area contributed by atoms with Gasteiger partial charge in [0.1, 0.15) is 5.65 Å². The van der Waals surface area contributed by atoms with Crippen molar-refractivity contribution in [3.05, 3.63) is 35.5 Å². The molecule has 6 nitrogen and oxygen atoms in total. The highest BCUT2D eigenvalue weighted by Crippen LogP contribution is 2.26. The molecule has 2 fully saturated rings. The summed E-state index contributed by atoms with van der Waals surface area (Å²) < 4.78 is 16.0. The van der Waals surface area contributed by atoms with Crippen LogP contribution in [-0.2, 0) is 0 Å². The molecule has 4 heterocycles. The van der Waals surface area contributed by atoms with Crippen LogP contribution >= 0.6 is 0 Å². The summed E-state index contributed by atoms with van der Waals surface area (Å²) in [5, 5.41) is 0. The lowest BCUT2D eigenvalue weighted by Gasteiger charge is -2.42. The van der Waals surface area contributed by atoms with Crippen molar-refractivity contribution in [3.63, 3.8) is 0 Å². The zero-order valence-electron chi connectivity index (χ0n) is 17.1. The maximum Gasteiger partial charge on any atom is 0.277 e. The second-order valence-electron chi connectivity index (χ2n) is 8.39. The van der Waals surface area contributed by atoms with E-state index in [1.54, 1.807) is 17.2 Å². The van der Waals surface area contributed by atoms with Crippen LogP contribution in [0.1, 0.15) is 35.8 Å². The van der Waals surface area contributed by atoms with Gasteiger partial charge < -0.3 is 9.80 Å². The number of pyridine rings is 1. The number of piperidine rings is 1. The lowest BCUT2D eigenvalue weighted by Crippen LogP contribution is -2.52. The molecule has 0 bridgehead atoms. The molecule has 0 radical (unpaired) electrons. The Hall–Kier alpha value is -1.99. The molecule has 152 valence electrons. The first kappa shape index (κ1) is 19.3. The van der Waals surface area contributed by atoms with Crippen molar-refractivity contribution >= 4 is 11.6 Å². The summed E-state index contributed by atoms with van der Waals surface area (Å²) in [5.74, 6) is -0.265. The lowest BCUT2D eigenvalue weighted by atomic mass is 9.89. The van der Waals surface area contributed by atoms with Gasteiger partial charge in [-0.15, -0.1) is 0 Å². The fraction of sp³-hybridized carbons (Fsp3) is 0.619. The number of likely N-dealkylation sites (N-methyl/N-ethyl adjacent to an activating group) is 1. The Balaban J connectivity index is 1.40. The number of carbonyl (C=O) groups excluding carboxylic acids is 1. The number of carbonyl (C=O) groups is 1. The minimum Gasteiger partial charge on any atom is -0.337 e. The molecule has 2 aromatic heterocycles. The first-order valence-corrected chi connectivity index (χ1v) is 10.3. The topological polar surface area (TPSA) is 44.1 Å². The van der Waals surface area contributed by atoms with E-state index in [1.807, 2.05) is 13.0 Å². The Kier molecular flexibility index (Phi) is 5.38. The van der Waals surface area contributed by atoms with E-state index in [1.165, 1.54) is 4.40 Å². The fourth-order valence-electron chi connectivity index (χ4n) is 4.51. The van der Waals surface area contributed by atoms with E-state index in [-0.39, 0.29) is 11.6 Å². The molecule has 0 spiro atoms. The van der Waals surface area contributed by atoms with Gasteiger partial charge in [0.2, 0.25) is 5.95 Å². The van der Waals surface area contributed by atoms with E-state index in [9.17, 15) is 9.18 Å². The predicted molar refractivity (Wildman–Crippen MR) is 107 cm³/mol. The minimum absolute atomic E-state index is 0.0591. The van der Waals surface area contributed by atoms with Crippen molar-refractivity contribution in [1.82, 2.24) is 24.1 Å². The Morgan fingerprint density at radius 1 is 1.18 bits per heavy atom. The SMILES string of the molecule is Cc1ccn2c(F)c(C(=O)N3CCC([C@H](C)N4CCN(C)CC4)CC3)nc2c1. The molecule has 2 saturated heterocycles. The van der Waals surface area contributed by atoms with Crippen molar-refractivity contribution in [2.75, 3.05) is 46.3 Å². The number of hydrogen-bond donors (Lipinski definition) is 0. The van der Waals surface area contributed by atoms with Crippen LogP contribution in [0, 0.1) is 18.8 Å². The molecule has 1 atom stereocenters. The minimum atomic E-state index is -0.562. The molecule has 7 heteroatoms. The van der Waals surface area contributed by atoms with Crippen LogP contribution in [0.15, 0.2) is 18.3 Å². The average Bonchev–Trinajstić information content (AvgIpc) is 3.03. The summed E-state index contributed by atoms with van der Waals surface area (Å²) in [4.78, 5) is 23.9. The summed E-state index contributed by atoms with van der Waals surface area (Å²) in [7, 11) is 2.17. The van der Waals surface area contributed by atoms with Crippen LogP contribution in [-0.4, -0.2) is 82.3 Å². The summed E-state index contributed by atoms with van der Waals surface area (Å²) in [5.41, 5.74) is 1.42. The van der Waals surface area contributed by atoms with Crippen LogP contribution in [0.25, 0.3) is 5.65 Å². The number of halogens is 1. The van der Waals surface area contributed by atoms with Crippen molar-refractivity contribution < 1.29 is 9.18 Å². The Bertz CT molecular complexity index is 850. The molecule has 0 unspecified atom stereocenters. The number of imidazole rings is 1. The summed E-state index contributed by atoms with van der Waals surface area (Å²) in [6.45, 7) is 10.1. The zero-order valence-corrected chi connectivity index (χ0v) is 17.1. The van der Waals surface area contributed by atoms with E-state index in [2.05, 4.69) is 28.8 Å². The maximum atomic E-state index is 14.7. The molecule has 0 aliphatic carbocycles. The van der Waals surface area contributed by atoms with Gasteiger partial charge in [-0.25, -0.2) is 4.98 Å². The highest BCUT2D eigenvalue weighted by Gasteiger charge is 2.32. The van der Waals surface area contributed by atoms with E-state index >= 15 is 0 Å². The normalized spacial score (nSPS) is 21.4. The number of likely N-dealkylation sites (tertiary alicyclic amines) is 1. The summed E-state index contributed by atoms with van der Waals surface area (Å²) in [6.07, 6.45) is 3.56. The number of amides is 1. The number of rotatable bonds is 3. The van der Waals surface area contributed by atoms with Crippen LogP contribution in [0.4, 0.5) is 4.39 Å². The van der Waals surface area contributed by atoms with E-state index < -0.39 is 5.95 Å². The molecular weight excluding hydrogens is 357 g/mol. The second-order valence-corrected chi connectivity index (χ2v) is 8.39. The Morgan fingerprint density at radius 3 is 2.54 bits per heavy atom. The van der Waals surface area contributed by atoms with Gasteiger partial charge in [-0.3, -0.25) is 14.1 Å². The highest BCUT2D eigenvalue weighted by molar-refractivity contribution is 5.93. The summed E-state index contributed by atoms with van der Waals surface area (Å²) in [6, 6.07) is 4.14. The van der Waals surface area contributed by atoms with Gasteiger partial charge in [-0.05, 0) is 57.4 Å². The number of nitrogens with zero attached hydrogens (tertiary/aromatic N) is 5. The Morgan fingerprint density at radius 2 is 1.86 bits per heavy atom. The molecule has 2 aromatic rings. The van der Waals surface area contributed by atoms with Gasteiger partial charge in [0.15, 0.2) is 5.69 Å². The highest BCUT2D eigenvalue weighted by atomic mass is 19.1. The van der Waals surface area contributed by atoms with Gasteiger partial charge in [0.25, 0.3) is 5.91 Å². The van der Waals surface area contributed by atoms with Crippen LogP contribution < -0.4 is 0 Å². The third kappa shape index (κ3) is 3.65. The molecule has 4 rings (SSSR count). The first-order valence-electron chi connectivity index (χ1n) is 10.3. The summed E-state index contributed by atoms with van der Waals surface area (Å²) >= 11 is 0. The molecule has 28 heavy (non-hydrogen) atoms. The van der Waals surface area contributed by atoms with Gasteiger partial charge in [-0.2, -0.15) is 4.39 Å².